The molecule has 3 heterocycles. The molecule has 1 aliphatic rings. The zero-order valence-electron chi connectivity index (χ0n) is 15.7. The fourth-order valence-corrected chi connectivity index (χ4v) is 4.19. The first-order valence-electron chi connectivity index (χ1n) is 9.55. The van der Waals surface area contributed by atoms with Crippen molar-refractivity contribution in [1.29, 1.82) is 0 Å². The number of nitrogens with zero attached hydrogens (tertiary/aromatic N) is 5. The SMILES string of the molecule is Nc1nc2c(ncn2C[C@@H]2C[C@H](CO)c3nn(Cc4ccccc4)cc32)c(=O)[nH]1. The van der Waals surface area contributed by atoms with Gasteiger partial charge in [0.2, 0.25) is 5.95 Å². The van der Waals surface area contributed by atoms with E-state index < -0.39 is 0 Å². The number of benzene rings is 1. The Morgan fingerprint density at radius 1 is 1.24 bits per heavy atom. The van der Waals surface area contributed by atoms with Gasteiger partial charge in [0.25, 0.3) is 5.56 Å². The molecule has 0 saturated heterocycles. The van der Waals surface area contributed by atoms with E-state index in [4.69, 9.17) is 10.8 Å². The number of aromatic nitrogens is 6. The molecular formula is C20H21N7O2. The van der Waals surface area contributed by atoms with Crippen LogP contribution in [0, 0.1) is 0 Å². The van der Waals surface area contributed by atoms with E-state index in [1.807, 2.05) is 27.4 Å². The molecule has 4 N–H and O–H groups in total. The first-order valence-corrected chi connectivity index (χ1v) is 9.55. The second-order valence-corrected chi connectivity index (χ2v) is 7.49. The minimum atomic E-state index is -0.345. The molecule has 0 fully saturated rings. The first kappa shape index (κ1) is 17.6. The number of aliphatic hydroxyl groups excluding tert-OH is 1. The number of nitrogen functional groups attached to an aromatic ring is 1. The third-order valence-electron chi connectivity index (χ3n) is 5.53. The van der Waals surface area contributed by atoms with E-state index in [-0.39, 0.29) is 35.5 Å². The van der Waals surface area contributed by atoms with Crippen molar-refractivity contribution in [1.82, 2.24) is 29.3 Å². The van der Waals surface area contributed by atoms with Gasteiger partial charge in [0.05, 0.1) is 25.2 Å². The molecule has 0 unspecified atom stereocenters. The normalized spacial score (nSPS) is 18.4. The highest BCUT2D eigenvalue weighted by Gasteiger charge is 2.34. The number of nitrogens with two attached hydrogens (primary N) is 1. The molecule has 2 atom stereocenters. The van der Waals surface area contributed by atoms with Crippen LogP contribution in [0.2, 0.25) is 0 Å². The number of rotatable bonds is 5. The van der Waals surface area contributed by atoms with Crippen molar-refractivity contribution in [2.45, 2.75) is 31.3 Å². The highest BCUT2D eigenvalue weighted by molar-refractivity contribution is 5.70. The monoisotopic (exact) mass is 391 g/mol. The number of aromatic amines is 1. The van der Waals surface area contributed by atoms with Crippen molar-refractivity contribution < 1.29 is 5.11 Å². The van der Waals surface area contributed by atoms with Crippen LogP contribution in [-0.4, -0.2) is 41.0 Å². The second-order valence-electron chi connectivity index (χ2n) is 7.49. The summed E-state index contributed by atoms with van der Waals surface area (Å²) in [4.78, 5) is 22.9. The molecule has 148 valence electrons. The number of aliphatic hydroxyl groups is 1. The summed E-state index contributed by atoms with van der Waals surface area (Å²) in [7, 11) is 0. The van der Waals surface area contributed by atoms with Crippen LogP contribution < -0.4 is 11.3 Å². The van der Waals surface area contributed by atoms with Crippen LogP contribution in [0.4, 0.5) is 5.95 Å². The molecule has 5 rings (SSSR count). The zero-order valence-corrected chi connectivity index (χ0v) is 15.7. The summed E-state index contributed by atoms with van der Waals surface area (Å²) in [6.07, 6.45) is 4.47. The Hall–Kier alpha value is -3.46. The van der Waals surface area contributed by atoms with E-state index >= 15 is 0 Å². The van der Waals surface area contributed by atoms with Gasteiger partial charge in [-0.15, -0.1) is 0 Å². The maximum atomic E-state index is 12.0. The van der Waals surface area contributed by atoms with Gasteiger partial charge >= 0.3 is 0 Å². The number of hydrogen-bond acceptors (Lipinski definition) is 6. The Bertz CT molecular complexity index is 1220. The second kappa shape index (κ2) is 6.85. The largest absolute Gasteiger partial charge is 0.396 e. The third kappa shape index (κ3) is 3.09. The van der Waals surface area contributed by atoms with Gasteiger partial charge in [-0.25, -0.2) is 4.98 Å². The predicted molar refractivity (Wildman–Crippen MR) is 108 cm³/mol. The highest BCUT2D eigenvalue weighted by Crippen LogP contribution is 2.41. The Morgan fingerprint density at radius 2 is 2.07 bits per heavy atom. The van der Waals surface area contributed by atoms with Crippen LogP contribution in [-0.2, 0) is 13.1 Å². The molecule has 0 spiro atoms. The molecule has 4 aromatic rings. The standard InChI is InChI=1S/C20H21N7O2/c21-20-23-18-17(19(29)24-20)22-11-26(18)8-13-6-14(10-28)16-15(13)9-27(25-16)7-12-4-2-1-3-5-12/h1-5,9,11,13-14,28H,6-8,10H2,(H3,21,23,24,29)/t13-,14+/m0/s1. The minimum Gasteiger partial charge on any atom is -0.396 e. The predicted octanol–water partition coefficient (Wildman–Crippen LogP) is 1.21. The average Bonchev–Trinajstić information content (AvgIpc) is 3.38. The van der Waals surface area contributed by atoms with Crippen LogP contribution in [0.1, 0.15) is 35.1 Å². The molecule has 0 amide bonds. The van der Waals surface area contributed by atoms with Gasteiger partial charge in [0.1, 0.15) is 0 Å². The Morgan fingerprint density at radius 3 is 2.86 bits per heavy atom. The van der Waals surface area contributed by atoms with E-state index in [1.54, 1.807) is 6.33 Å². The maximum absolute atomic E-state index is 12.0. The van der Waals surface area contributed by atoms with Gasteiger partial charge in [0, 0.05) is 24.6 Å². The number of fused-ring (bicyclic) bond motifs is 2. The summed E-state index contributed by atoms with van der Waals surface area (Å²) in [5, 5.41) is 14.6. The number of nitrogens with one attached hydrogen (secondary N) is 1. The Kier molecular flexibility index (Phi) is 4.17. The summed E-state index contributed by atoms with van der Waals surface area (Å²) in [5.41, 5.74) is 9.35. The van der Waals surface area contributed by atoms with Crippen LogP contribution >= 0.6 is 0 Å². The van der Waals surface area contributed by atoms with E-state index in [0.717, 1.165) is 17.7 Å². The highest BCUT2D eigenvalue weighted by atomic mass is 16.3. The molecule has 0 radical (unpaired) electrons. The van der Waals surface area contributed by atoms with Crippen molar-refractivity contribution in [2.75, 3.05) is 12.3 Å². The van der Waals surface area contributed by atoms with E-state index in [1.165, 1.54) is 5.56 Å². The number of imidazole rings is 1. The topological polar surface area (TPSA) is 128 Å². The maximum Gasteiger partial charge on any atom is 0.280 e. The van der Waals surface area contributed by atoms with Crippen molar-refractivity contribution >= 4 is 17.1 Å². The fourth-order valence-electron chi connectivity index (χ4n) is 4.19. The molecule has 3 aromatic heterocycles. The number of anilines is 1. The fraction of sp³-hybridized carbons (Fsp3) is 0.300. The Labute approximate surface area is 165 Å². The molecule has 9 heteroatoms. The Balaban J connectivity index is 1.47. The molecule has 0 bridgehead atoms. The van der Waals surface area contributed by atoms with E-state index in [0.29, 0.717) is 18.7 Å². The lowest BCUT2D eigenvalue weighted by Gasteiger charge is -2.13. The van der Waals surface area contributed by atoms with Crippen molar-refractivity contribution in [3.63, 3.8) is 0 Å². The smallest absolute Gasteiger partial charge is 0.280 e. The van der Waals surface area contributed by atoms with Crippen molar-refractivity contribution in [2.24, 2.45) is 0 Å². The first-order chi connectivity index (χ1) is 14.1. The van der Waals surface area contributed by atoms with E-state index in [9.17, 15) is 9.90 Å². The van der Waals surface area contributed by atoms with Gasteiger partial charge in [-0.3, -0.25) is 14.5 Å². The summed E-state index contributed by atoms with van der Waals surface area (Å²) in [5.74, 6) is 0.218. The lowest BCUT2D eigenvalue weighted by Crippen LogP contribution is -2.13. The molecule has 29 heavy (non-hydrogen) atoms. The molecule has 9 nitrogen and oxygen atoms in total. The van der Waals surface area contributed by atoms with Crippen molar-refractivity contribution in [3.05, 3.63) is 70.0 Å². The molecule has 0 saturated carbocycles. The average molecular weight is 391 g/mol. The summed E-state index contributed by atoms with van der Waals surface area (Å²) < 4.78 is 3.78. The van der Waals surface area contributed by atoms with Crippen LogP contribution in [0.15, 0.2) is 47.7 Å². The van der Waals surface area contributed by atoms with Gasteiger partial charge < -0.3 is 15.4 Å². The van der Waals surface area contributed by atoms with Gasteiger partial charge in [-0.2, -0.15) is 10.1 Å². The number of H-pyrrole nitrogens is 1. The third-order valence-corrected chi connectivity index (χ3v) is 5.53. The van der Waals surface area contributed by atoms with E-state index in [2.05, 4.69) is 33.3 Å². The summed E-state index contributed by atoms with van der Waals surface area (Å²) in [6.45, 7) is 1.33. The molecular weight excluding hydrogens is 370 g/mol. The van der Waals surface area contributed by atoms with Crippen LogP contribution in [0.3, 0.4) is 0 Å². The lowest BCUT2D eigenvalue weighted by atomic mass is 10.0. The van der Waals surface area contributed by atoms with Crippen LogP contribution in [0.25, 0.3) is 11.2 Å². The zero-order chi connectivity index (χ0) is 20.0. The molecule has 0 aliphatic heterocycles. The van der Waals surface area contributed by atoms with Crippen LogP contribution in [0.5, 0.6) is 0 Å². The van der Waals surface area contributed by atoms with Gasteiger partial charge in [0.15, 0.2) is 11.2 Å². The minimum absolute atomic E-state index is 0.00300. The van der Waals surface area contributed by atoms with Gasteiger partial charge in [-0.05, 0) is 17.5 Å². The quantitative estimate of drug-likeness (QED) is 0.469. The van der Waals surface area contributed by atoms with Gasteiger partial charge in [-0.1, -0.05) is 30.3 Å². The summed E-state index contributed by atoms with van der Waals surface area (Å²) in [6, 6.07) is 10.1. The van der Waals surface area contributed by atoms with Crippen molar-refractivity contribution in [3.8, 4) is 0 Å². The summed E-state index contributed by atoms with van der Waals surface area (Å²) >= 11 is 0. The number of hydrogen-bond donors (Lipinski definition) is 3. The molecule has 1 aromatic carbocycles. The lowest BCUT2D eigenvalue weighted by molar-refractivity contribution is 0.256. The molecule has 1 aliphatic carbocycles.